The molecule has 7 heteroatoms. The Bertz CT molecular complexity index is 969. The number of nitrogens with zero attached hydrogens (tertiary/aromatic N) is 3. The molecule has 1 saturated heterocycles. The van der Waals surface area contributed by atoms with E-state index in [0.29, 0.717) is 32.5 Å². The normalized spacial score (nSPS) is 18.3. The minimum Gasteiger partial charge on any atom is -0.497 e. The van der Waals surface area contributed by atoms with Crippen LogP contribution in [0.3, 0.4) is 0 Å². The third-order valence-electron chi connectivity index (χ3n) is 5.81. The van der Waals surface area contributed by atoms with Gasteiger partial charge in [0.25, 0.3) is 0 Å². The molecule has 0 spiro atoms. The summed E-state index contributed by atoms with van der Waals surface area (Å²) in [5, 5.41) is 9.03. The molecule has 0 saturated carbocycles. The summed E-state index contributed by atoms with van der Waals surface area (Å²) in [6, 6.07) is 15.4. The zero-order chi connectivity index (χ0) is 21.8. The second kappa shape index (κ2) is 9.20. The number of hydrogen-bond donors (Lipinski definition) is 1. The molecule has 1 atom stereocenters. The largest absolute Gasteiger partial charge is 0.497 e. The first kappa shape index (κ1) is 20.9. The molecule has 2 aliphatic rings. The molecule has 4 rings (SSSR count). The van der Waals surface area contributed by atoms with Crippen LogP contribution in [0, 0.1) is 6.92 Å². The van der Waals surface area contributed by atoms with E-state index in [0.717, 1.165) is 34.6 Å². The van der Waals surface area contributed by atoms with Crippen LogP contribution >= 0.6 is 0 Å². The number of hydrazone groups is 1. The number of carbonyl (C=O) groups is 2. The highest BCUT2D eigenvalue weighted by atomic mass is 16.5. The maximum absolute atomic E-state index is 12.8. The average Bonchev–Trinajstić information content (AvgIpc) is 3.41. The molecular formula is C24H28N4O3. The molecule has 0 aromatic heterocycles. The quantitative estimate of drug-likeness (QED) is 0.781. The third kappa shape index (κ3) is 4.71. The van der Waals surface area contributed by atoms with E-state index in [1.807, 2.05) is 60.4 Å². The van der Waals surface area contributed by atoms with Crippen LogP contribution in [0.4, 0.5) is 4.79 Å². The fraction of sp³-hybridized carbons (Fsp3) is 0.375. The molecule has 0 radical (unpaired) electrons. The van der Waals surface area contributed by atoms with Crippen molar-refractivity contribution in [3.63, 3.8) is 0 Å². The van der Waals surface area contributed by atoms with Crippen LogP contribution in [0.15, 0.2) is 53.6 Å². The van der Waals surface area contributed by atoms with Crippen LogP contribution in [0.25, 0.3) is 0 Å². The lowest BCUT2D eigenvalue weighted by Gasteiger charge is -2.25. The van der Waals surface area contributed by atoms with Gasteiger partial charge in [-0.25, -0.2) is 9.80 Å². The summed E-state index contributed by atoms with van der Waals surface area (Å²) in [7, 11) is 1.64. The minimum atomic E-state index is -0.243. The first-order valence-corrected chi connectivity index (χ1v) is 10.7. The molecule has 162 valence electrons. The summed E-state index contributed by atoms with van der Waals surface area (Å²) in [5.41, 5.74) is 4.00. The van der Waals surface area contributed by atoms with Crippen LogP contribution in [0.5, 0.6) is 5.75 Å². The zero-order valence-corrected chi connectivity index (χ0v) is 18.0. The average molecular weight is 421 g/mol. The number of carbonyl (C=O) groups excluding carboxylic acids is 2. The Kier molecular flexibility index (Phi) is 6.21. The summed E-state index contributed by atoms with van der Waals surface area (Å²) in [5.74, 6) is 0.942. The van der Waals surface area contributed by atoms with Crippen molar-refractivity contribution in [3.8, 4) is 5.75 Å². The number of likely N-dealkylation sites (tertiary alicyclic amines) is 1. The van der Waals surface area contributed by atoms with E-state index < -0.39 is 0 Å². The Hall–Kier alpha value is -3.35. The van der Waals surface area contributed by atoms with Crippen molar-refractivity contribution >= 4 is 17.6 Å². The Labute approximate surface area is 182 Å². The van der Waals surface area contributed by atoms with Gasteiger partial charge in [-0.05, 0) is 43.0 Å². The summed E-state index contributed by atoms with van der Waals surface area (Å²) >= 11 is 0. The van der Waals surface area contributed by atoms with Gasteiger partial charge in [0.1, 0.15) is 5.75 Å². The number of amides is 3. The highest BCUT2D eigenvalue weighted by Crippen LogP contribution is 2.24. The predicted octanol–water partition coefficient (Wildman–Crippen LogP) is 2.97. The van der Waals surface area contributed by atoms with Crippen molar-refractivity contribution in [2.45, 2.75) is 32.2 Å². The van der Waals surface area contributed by atoms with Crippen LogP contribution < -0.4 is 10.1 Å². The lowest BCUT2D eigenvalue weighted by atomic mass is 10.0. The van der Waals surface area contributed by atoms with Gasteiger partial charge in [-0.15, -0.1) is 0 Å². The van der Waals surface area contributed by atoms with Gasteiger partial charge in [0.2, 0.25) is 5.91 Å². The van der Waals surface area contributed by atoms with Crippen LogP contribution in [-0.4, -0.2) is 60.3 Å². The predicted molar refractivity (Wildman–Crippen MR) is 119 cm³/mol. The molecule has 0 bridgehead atoms. The van der Waals surface area contributed by atoms with Crippen LogP contribution in [0.2, 0.25) is 0 Å². The lowest BCUT2D eigenvalue weighted by Crippen LogP contribution is -2.46. The van der Waals surface area contributed by atoms with Gasteiger partial charge < -0.3 is 15.0 Å². The van der Waals surface area contributed by atoms with Crippen molar-refractivity contribution in [2.24, 2.45) is 5.10 Å². The molecule has 3 amide bonds. The maximum Gasteiger partial charge on any atom is 0.337 e. The minimum absolute atomic E-state index is 0.131. The van der Waals surface area contributed by atoms with Gasteiger partial charge in [-0.3, -0.25) is 4.79 Å². The Morgan fingerprint density at radius 3 is 2.55 bits per heavy atom. The standard InChI is InChI=1S/C24H28N4O3/c1-17-5-9-19(10-6-17)23-21(27-15-3-4-22(27)29)16-28(26-23)24(30)25-14-13-18-7-11-20(31-2)12-8-18/h5-12,21H,3-4,13-16H2,1-2H3,(H,25,30). The second-order valence-corrected chi connectivity index (χ2v) is 7.97. The molecule has 31 heavy (non-hydrogen) atoms. The van der Waals surface area contributed by atoms with E-state index >= 15 is 0 Å². The highest BCUT2D eigenvalue weighted by Gasteiger charge is 2.38. The van der Waals surface area contributed by atoms with E-state index in [1.165, 1.54) is 5.01 Å². The smallest absolute Gasteiger partial charge is 0.337 e. The van der Waals surface area contributed by atoms with Gasteiger partial charge in [0, 0.05) is 19.5 Å². The number of hydrogen-bond acceptors (Lipinski definition) is 4. The van der Waals surface area contributed by atoms with Crippen molar-refractivity contribution in [3.05, 3.63) is 65.2 Å². The molecule has 2 aromatic carbocycles. The maximum atomic E-state index is 12.8. The molecule has 1 unspecified atom stereocenters. The summed E-state index contributed by atoms with van der Waals surface area (Å²) in [6.07, 6.45) is 2.13. The number of nitrogens with one attached hydrogen (secondary N) is 1. The Morgan fingerprint density at radius 2 is 1.90 bits per heavy atom. The number of benzene rings is 2. The number of ether oxygens (including phenoxy) is 1. The molecular weight excluding hydrogens is 392 g/mol. The molecule has 1 N–H and O–H groups in total. The Balaban J connectivity index is 1.43. The third-order valence-corrected chi connectivity index (χ3v) is 5.81. The SMILES string of the molecule is COc1ccc(CCNC(=O)N2CC(N3CCCC3=O)C(c3ccc(C)cc3)=N2)cc1. The van der Waals surface area contributed by atoms with Gasteiger partial charge in [0.05, 0.1) is 25.4 Å². The Morgan fingerprint density at radius 1 is 1.16 bits per heavy atom. The van der Waals surface area contributed by atoms with E-state index in [-0.39, 0.29) is 18.0 Å². The van der Waals surface area contributed by atoms with Crippen molar-refractivity contribution in [1.29, 1.82) is 0 Å². The van der Waals surface area contributed by atoms with Gasteiger partial charge in [-0.2, -0.15) is 5.10 Å². The van der Waals surface area contributed by atoms with Crippen LogP contribution in [-0.2, 0) is 11.2 Å². The van der Waals surface area contributed by atoms with E-state index in [9.17, 15) is 9.59 Å². The lowest BCUT2D eigenvalue weighted by molar-refractivity contribution is -0.128. The number of methoxy groups -OCH3 is 1. The summed E-state index contributed by atoms with van der Waals surface area (Å²) in [6.45, 7) is 3.62. The van der Waals surface area contributed by atoms with Crippen molar-refractivity contribution < 1.29 is 14.3 Å². The molecule has 7 nitrogen and oxygen atoms in total. The van der Waals surface area contributed by atoms with Crippen molar-refractivity contribution in [1.82, 2.24) is 15.2 Å². The topological polar surface area (TPSA) is 74.2 Å². The van der Waals surface area contributed by atoms with Crippen molar-refractivity contribution in [2.75, 3.05) is 26.7 Å². The number of urea groups is 1. The number of aryl methyl sites for hydroxylation is 1. The molecule has 2 heterocycles. The molecule has 1 fully saturated rings. The van der Waals surface area contributed by atoms with Crippen LogP contribution in [0.1, 0.15) is 29.5 Å². The highest BCUT2D eigenvalue weighted by molar-refractivity contribution is 6.08. The summed E-state index contributed by atoms with van der Waals surface area (Å²) < 4.78 is 5.17. The van der Waals surface area contributed by atoms with E-state index in [2.05, 4.69) is 10.4 Å². The zero-order valence-electron chi connectivity index (χ0n) is 18.0. The molecule has 2 aliphatic heterocycles. The fourth-order valence-electron chi connectivity index (χ4n) is 4.03. The molecule has 2 aromatic rings. The van der Waals surface area contributed by atoms with E-state index in [4.69, 9.17) is 4.74 Å². The fourth-order valence-corrected chi connectivity index (χ4v) is 4.03. The first-order valence-electron chi connectivity index (χ1n) is 10.7. The summed E-state index contributed by atoms with van der Waals surface area (Å²) in [4.78, 5) is 27.0. The van der Waals surface area contributed by atoms with Gasteiger partial charge in [0.15, 0.2) is 0 Å². The number of rotatable bonds is 6. The van der Waals surface area contributed by atoms with E-state index in [1.54, 1.807) is 7.11 Å². The second-order valence-electron chi connectivity index (χ2n) is 7.97. The molecule has 0 aliphatic carbocycles. The van der Waals surface area contributed by atoms with Gasteiger partial charge in [-0.1, -0.05) is 42.0 Å². The first-order chi connectivity index (χ1) is 15.0. The monoisotopic (exact) mass is 420 g/mol. The van der Waals surface area contributed by atoms with Gasteiger partial charge >= 0.3 is 6.03 Å².